The number of anilines is 1. The molecule has 0 bridgehead atoms. The van der Waals surface area contributed by atoms with Gasteiger partial charge < -0.3 is 5.32 Å². The number of aliphatic imine (C=N–C) groups is 1. The number of amides is 2. The maximum absolute atomic E-state index is 12.0. The standard InChI is InChI=1S/C15H17N3O3S/c1-9(19)10-4-6-11(7-5-10)17-13(20)8-12-14(21)18(3)15(16-2)22-12/h4-7,12H,8H2,1-3H3,(H,17,20)/t12-/m1/s1. The number of amidine groups is 1. The van der Waals surface area contributed by atoms with E-state index in [1.807, 2.05) is 0 Å². The van der Waals surface area contributed by atoms with Crippen LogP contribution in [0.25, 0.3) is 0 Å². The second kappa shape index (κ2) is 6.74. The van der Waals surface area contributed by atoms with Gasteiger partial charge in [-0.15, -0.1) is 0 Å². The summed E-state index contributed by atoms with van der Waals surface area (Å²) in [4.78, 5) is 40.7. The molecule has 1 fully saturated rings. The summed E-state index contributed by atoms with van der Waals surface area (Å²) >= 11 is 1.29. The van der Waals surface area contributed by atoms with Gasteiger partial charge in [-0.05, 0) is 31.2 Å². The van der Waals surface area contributed by atoms with Crippen LogP contribution in [0.5, 0.6) is 0 Å². The molecule has 0 aliphatic carbocycles. The molecule has 2 rings (SSSR count). The molecule has 1 heterocycles. The lowest BCUT2D eigenvalue weighted by Gasteiger charge is -2.09. The molecule has 1 atom stereocenters. The quantitative estimate of drug-likeness (QED) is 0.858. The van der Waals surface area contributed by atoms with Crippen LogP contribution in [-0.2, 0) is 9.59 Å². The third-order valence-corrected chi connectivity index (χ3v) is 4.60. The number of Topliss-reactive ketones (excluding diaryl/α,β-unsaturated/α-hetero) is 1. The van der Waals surface area contributed by atoms with Gasteiger partial charge in [-0.25, -0.2) is 0 Å². The Bertz CT molecular complexity index is 640. The van der Waals surface area contributed by atoms with Crippen LogP contribution in [0.2, 0.25) is 0 Å². The van der Waals surface area contributed by atoms with Gasteiger partial charge in [0.05, 0.1) is 0 Å². The zero-order chi connectivity index (χ0) is 16.3. The molecule has 1 aliphatic rings. The summed E-state index contributed by atoms with van der Waals surface area (Å²) in [6, 6.07) is 6.65. The molecule has 1 saturated heterocycles. The summed E-state index contributed by atoms with van der Waals surface area (Å²) in [6.07, 6.45) is 0.0846. The number of hydrogen-bond donors (Lipinski definition) is 1. The van der Waals surface area contributed by atoms with Crippen molar-refractivity contribution in [3.63, 3.8) is 0 Å². The third-order valence-electron chi connectivity index (χ3n) is 3.28. The number of carbonyl (C=O) groups is 3. The average molecular weight is 319 g/mol. The number of benzene rings is 1. The Labute approximate surface area is 133 Å². The monoisotopic (exact) mass is 319 g/mol. The van der Waals surface area contributed by atoms with E-state index in [2.05, 4.69) is 10.3 Å². The zero-order valence-electron chi connectivity index (χ0n) is 12.6. The van der Waals surface area contributed by atoms with Gasteiger partial charge in [-0.2, -0.15) is 0 Å². The van der Waals surface area contributed by atoms with Crippen molar-refractivity contribution < 1.29 is 14.4 Å². The number of nitrogens with one attached hydrogen (secondary N) is 1. The van der Waals surface area contributed by atoms with Crippen molar-refractivity contribution in [2.24, 2.45) is 4.99 Å². The Morgan fingerprint density at radius 1 is 1.32 bits per heavy atom. The molecule has 22 heavy (non-hydrogen) atoms. The van der Waals surface area contributed by atoms with Crippen LogP contribution < -0.4 is 5.32 Å². The number of rotatable bonds is 4. The first-order valence-corrected chi connectivity index (χ1v) is 7.62. The Morgan fingerprint density at radius 3 is 2.45 bits per heavy atom. The molecule has 0 spiro atoms. The first-order valence-electron chi connectivity index (χ1n) is 6.74. The van der Waals surface area contributed by atoms with Crippen LogP contribution in [0.1, 0.15) is 23.7 Å². The van der Waals surface area contributed by atoms with Crippen LogP contribution in [-0.4, -0.2) is 47.0 Å². The summed E-state index contributed by atoms with van der Waals surface area (Å²) in [7, 11) is 3.27. The highest BCUT2D eigenvalue weighted by Gasteiger charge is 2.36. The molecule has 1 aromatic carbocycles. The molecule has 0 saturated carbocycles. The zero-order valence-corrected chi connectivity index (χ0v) is 13.4. The molecule has 116 valence electrons. The van der Waals surface area contributed by atoms with Gasteiger partial charge in [0.2, 0.25) is 11.8 Å². The second-order valence-corrected chi connectivity index (χ2v) is 6.07. The van der Waals surface area contributed by atoms with E-state index in [1.165, 1.54) is 23.6 Å². The van der Waals surface area contributed by atoms with Crippen LogP contribution >= 0.6 is 11.8 Å². The third kappa shape index (κ3) is 3.54. The molecule has 1 aliphatic heterocycles. The number of carbonyl (C=O) groups excluding carboxylic acids is 3. The number of ketones is 1. The van der Waals surface area contributed by atoms with Crippen LogP contribution in [0.4, 0.5) is 5.69 Å². The van der Waals surface area contributed by atoms with Gasteiger partial charge in [0.25, 0.3) is 0 Å². The minimum atomic E-state index is -0.444. The fourth-order valence-electron chi connectivity index (χ4n) is 2.07. The molecule has 0 aromatic heterocycles. The van der Waals surface area contributed by atoms with Gasteiger partial charge >= 0.3 is 0 Å². The van der Waals surface area contributed by atoms with Gasteiger partial charge in [0, 0.05) is 31.8 Å². The van der Waals surface area contributed by atoms with Gasteiger partial charge in [-0.3, -0.25) is 24.3 Å². The molecular formula is C15H17N3O3S. The van der Waals surface area contributed by atoms with E-state index in [0.717, 1.165) is 0 Å². The molecular weight excluding hydrogens is 302 g/mol. The van der Waals surface area contributed by atoms with Crippen LogP contribution in [0, 0.1) is 0 Å². The summed E-state index contributed by atoms with van der Waals surface area (Å²) in [5.41, 5.74) is 1.19. The lowest BCUT2D eigenvalue weighted by Crippen LogP contribution is -2.30. The van der Waals surface area contributed by atoms with Gasteiger partial charge in [0.1, 0.15) is 5.25 Å². The molecule has 1 N–H and O–H groups in total. The SMILES string of the molecule is CN=C1S[C@H](CC(=O)Nc2ccc(C(C)=O)cc2)C(=O)N1C. The largest absolute Gasteiger partial charge is 0.326 e. The predicted molar refractivity (Wildman–Crippen MR) is 87.2 cm³/mol. The van der Waals surface area contributed by atoms with E-state index >= 15 is 0 Å². The van der Waals surface area contributed by atoms with E-state index in [9.17, 15) is 14.4 Å². The number of hydrogen-bond acceptors (Lipinski definition) is 5. The fourth-order valence-corrected chi connectivity index (χ4v) is 3.17. The van der Waals surface area contributed by atoms with Crippen molar-refractivity contribution in [2.45, 2.75) is 18.6 Å². The summed E-state index contributed by atoms with van der Waals surface area (Å²) < 4.78 is 0. The topological polar surface area (TPSA) is 78.8 Å². The molecule has 6 nitrogen and oxygen atoms in total. The Kier molecular flexibility index (Phi) is 4.97. The molecule has 7 heteroatoms. The maximum atomic E-state index is 12.0. The van der Waals surface area contributed by atoms with Crippen LogP contribution in [0.3, 0.4) is 0 Å². The number of nitrogens with zero attached hydrogens (tertiary/aromatic N) is 2. The first-order chi connectivity index (χ1) is 10.4. The average Bonchev–Trinajstić information content (AvgIpc) is 2.75. The van der Waals surface area contributed by atoms with E-state index in [0.29, 0.717) is 16.4 Å². The van der Waals surface area contributed by atoms with Crippen molar-refractivity contribution >= 4 is 40.2 Å². The highest BCUT2D eigenvalue weighted by atomic mass is 32.2. The summed E-state index contributed by atoms with van der Waals surface area (Å²) in [5, 5.41) is 2.90. The highest BCUT2D eigenvalue weighted by molar-refractivity contribution is 8.15. The van der Waals surface area contributed by atoms with Crippen LogP contribution in [0.15, 0.2) is 29.3 Å². The molecule has 1 aromatic rings. The van der Waals surface area contributed by atoms with Crippen molar-refractivity contribution in [3.8, 4) is 0 Å². The first kappa shape index (κ1) is 16.2. The minimum Gasteiger partial charge on any atom is -0.326 e. The summed E-state index contributed by atoms with van der Waals surface area (Å²) in [5.74, 6) is -0.389. The number of thioether (sulfide) groups is 1. The fraction of sp³-hybridized carbons (Fsp3) is 0.333. The van der Waals surface area contributed by atoms with Crippen molar-refractivity contribution in [2.75, 3.05) is 19.4 Å². The Morgan fingerprint density at radius 2 is 1.95 bits per heavy atom. The molecule has 2 amide bonds. The molecule has 0 unspecified atom stereocenters. The highest BCUT2D eigenvalue weighted by Crippen LogP contribution is 2.28. The van der Waals surface area contributed by atoms with Crippen molar-refractivity contribution in [3.05, 3.63) is 29.8 Å². The smallest absolute Gasteiger partial charge is 0.242 e. The van der Waals surface area contributed by atoms with E-state index in [1.54, 1.807) is 38.4 Å². The Hall–Kier alpha value is -2.15. The second-order valence-electron chi connectivity index (χ2n) is 4.90. The van der Waals surface area contributed by atoms with E-state index in [4.69, 9.17) is 0 Å². The lowest BCUT2D eigenvalue weighted by molar-refractivity contribution is -0.127. The van der Waals surface area contributed by atoms with E-state index < -0.39 is 5.25 Å². The Balaban J connectivity index is 1.96. The van der Waals surface area contributed by atoms with Gasteiger partial charge in [0.15, 0.2) is 11.0 Å². The van der Waals surface area contributed by atoms with Crippen molar-refractivity contribution in [1.82, 2.24) is 4.90 Å². The predicted octanol–water partition coefficient (Wildman–Crippen LogP) is 1.78. The maximum Gasteiger partial charge on any atom is 0.242 e. The van der Waals surface area contributed by atoms with E-state index in [-0.39, 0.29) is 24.0 Å². The normalized spacial score (nSPS) is 19.6. The summed E-state index contributed by atoms with van der Waals surface area (Å²) in [6.45, 7) is 1.49. The molecule has 0 radical (unpaired) electrons. The minimum absolute atomic E-state index is 0.0275. The van der Waals surface area contributed by atoms with Crippen molar-refractivity contribution in [1.29, 1.82) is 0 Å². The van der Waals surface area contributed by atoms with Gasteiger partial charge in [-0.1, -0.05) is 11.8 Å². The lowest BCUT2D eigenvalue weighted by atomic mass is 10.1.